The van der Waals surface area contributed by atoms with Crippen molar-refractivity contribution in [1.29, 1.82) is 0 Å². The van der Waals surface area contributed by atoms with E-state index >= 15 is 0 Å². The normalized spacial score (nSPS) is 13.9. The van der Waals surface area contributed by atoms with Gasteiger partial charge in [-0.05, 0) is 39.5 Å². The van der Waals surface area contributed by atoms with Gasteiger partial charge in [-0.2, -0.15) is 5.01 Å². The zero-order valence-electron chi connectivity index (χ0n) is 17.2. The fraction of sp³-hybridized carbons (Fsp3) is 0.706. The van der Waals surface area contributed by atoms with Gasteiger partial charge >= 0.3 is 6.03 Å². The molecule has 0 bridgehead atoms. The van der Waals surface area contributed by atoms with Crippen molar-refractivity contribution in [1.82, 2.24) is 31.2 Å². The Labute approximate surface area is 166 Å². The Morgan fingerprint density at radius 2 is 1.81 bits per heavy atom. The lowest BCUT2D eigenvalue weighted by molar-refractivity contribution is -0.110. The van der Waals surface area contributed by atoms with Gasteiger partial charge in [0.1, 0.15) is 10.9 Å². The van der Waals surface area contributed by atoms with Crippen LogP contribution in [0.1, 0.15) is 41.5 Å². The maximum absolute atomic E-state index is 12.3. The Balaban J connectivity index is 2.82. The molecule has 1 aliphatic heterocycles. The molecule has 1 rings (SSSR count). The molecule has 3 N–H and O–H groups in total. The van der Waals surface area contributed by atoms with Crippen molar-refractivity contribution in [2.75, 3.05) is 32.7 Å². The first kappa shape index (κ1) is 23.1. The maximum atomic E-state index is 12.3. The molecule has 0 aliphatic carbocycles. The van der Waals surface area contributed by atoms with E-state index in [1.165, 1.54) is 0 Å². The number of hydrazone groups is 1. The first-order chi connectivity index (χ1) is 12.8. The number of rotatable bonds is 9. The molecular weight excluding hydrogens is 366 g/mol. The molecule has 1 aliphatic rings. The topological polar surface area (TPSA) is 92.3 Å². The van der Waals surface area contributed by atoms with Crippen LogP contribution >= 0.6 is 11.8 Å². The number of hydrogen-bond acceptors (Lipinski definition) is 8. The molecule has 0 unspecified atom stereocenters. The van der Waals surface area contributed by atoms with Gasteiger partial charge in [-0.25, -0.2) is 4.79 Å². The van der Waals surface area contributed by atoms with E-state index in [0.717, 1.165) is 43.8 Å². The SMILES string of the molecule is CCN(CC)C1=CC(SC(=O)CNC(=O)NC(C)C)=NN(N(CC)CC)N1. The van der Waals surface area contributed by atoms with Crippen molar-refractivity contribution in [3.63, 3.8) is 0 Å². The van der Waals surface area contributed by atoms with Crippen LogP contribution in [0.2, 0.25) is 0 Å². The minimum absolute atomic E-state index is 0.0174. The molecule has 9 nitrogen and oxygen atoms in total. The van der Waals surface area contributed by atoms with Crippen molar-refractivity contribution >= 4 is 28.0 Å². The standard InChI is InChI=1S/C17H33N7O2S/c1-7-22(8-2)14-11-15(21-24(20-14)23(9-3)10-4)27-16(25)12-18-17(26)19-13(5)6/h11,13,20H,7-10,12H2,1-6H3,(H2,18,19,26). The molecule has 0 aromatic rings. The largest absolute Gasteiger partial charge is 0.357 e. The lowest BCUT2D eigenvalue weighted by atomic mass is 10.4. The molecule has 0 fully saturated rings. The van der Waals surface area contributed by atoms with Gasteiger partial charge in [-0.15, -0.1) is 10.3 Å². The number of nitrogens with one attached hydrogen (secondary N) is 3. The average molecular weight is 400 g/mol. The summed E-state index contributed by atoms with van der Waals surface area (Å²) in [5, 5.41) is 13.9. The molecule has 10 heteroatoms. The third-order valence-electron chi connectivity index (χ3n) is 3.80. The quantitative estimate of drug-likeness (QED) is 0.541. The summed E-state index contributed by atoms with van der Waals surface area (Å²) in [5.74, 6) is 0.891. The fourth-order valence-electron chi connectivity index (χ4n) is 2.42. The lowest BCUT2D eigenvalue weighted by Gasteiger charge is -2.37. The number of thioether (sulfide) groups is 1. The van der Waals surface area contributed by atoms with E-state index < -0.39 is 0 Å². The fourth-order valence-corrected chi connectivity index (χ4v) is 3.09. The zero-order valence-corrected chi connectivity index (χ0v) is 18.0. The van der Waals surface area contributed by atoms with Crippen LogP contribution in [-0.4, -0.2) is 70.1 Å². The van der Waals surface area contributed by atoms with Gasteiger partial charge in [0.15, 0.2) is 0 Å². The predicted molar refractivity (Wildman–Crippen MR) is 111 cm³/mol. The first-order valence-electron chi connectivity index (χ1n) is 9.46. The Morgan fingerprint density at radius 3 is 2.33 bits per heavy atom. The van der Waals surface area contributed by atoms with Crippen molar-refractivity contribution in [2.24, 2.45) is 5.10 Å². The van der Waals surface area contributed by atoms with E-state index in [4.69, 9.17) is 0 Å². The number of carbonyl (C=O) groups excluding carboxylic acids is 2. The van der Waals surface area contributed by atoms with Crippen LogP contribution < -0.4 is 16.1 Å². The average Bonchev–Trinajstić information content (AvgIpc) is 2.61. The van der Waals surface area contributed by atoms with Crippen LogP contribution in [0.4, 0.5) is 4.79 Å². The Kier molecular flexibility index (Phi) is 10.0. The van der Waals surface area contributed by atoms with Gasteiger partial charge in [0.2, 0.25) is 5.12 Å². The third-order valence-corrected chi connectivity index (χ3v) is 4.58. The van der Waals surface area contributed by atoms with Crippen molar-refractivity contribution in [2.45, 2.75) is 47.6 Å². The smallest absolute Gasteiger partial charge is 0.315 e. The maximum Gasteiger partial charge on any atom is 0.315 e. The highest BCUT2D eigenvalue weighted by Crippen LogP contribution is 2.17. The van der Waals surface area contributed by atoms with E-state index in [1.807, 2.05) is 38.8 Å². The molecule has 0 radical (unpaired) electrons. The van der Waals surface area contributed by atoms with E-state index in [9.17, 15) is 9.59 Å². The van der Waals surface area contributed by atoms with Crippen LogP contribution in [-0.2, 0) is 4.79 Å². The van der Waals surface area contributed by atoms with Crippen LogP contribution in [0, 0.1) is 0 Å². The molecule has 27 heavy (non-hydrogen) atoms. The van der Waals surface area contributed by atoms with Crippen molar-refractivity contribution in [3.8, 4) is 0 Å². The van der Waals surface area contributed by atoms with E-state index in [0.29, 0.717) is 5.04 Å². The van der Waals surface area contributed by atoms with E-state index in [2.05, 4.69) is 39.9 Å². The number of urea groups is 1. The summed E-state index contributed by atoms with van der Waals surface area (Å²) in [6.45, 7) is 15.1. The monoisotopic (exact) mass is 399 g/mol. The molecular formula is C17H33N7O2S. The van der Waals surface area contributed by atoms with Crippen LogP contribution in [0.5, 0.6) is 0 Å². The highest BCUT2D eigenvalue weighted by molar-refractivity contribution is 8.26. The van der Waals surface area contributed by atoms with Gasteiger partial charge in [0, 0.05) is 38.3 Å². The number of amides is 2. The summed E-state index contributed by atoms with van der Waals surface area (Å²) < 4.78 is 0. The number of nitrogens with zero attached hydrogens (tertiary/aromatic N) is 4. The van der Waals surface area contributed by atoms with E-state index in [1.54, 1.807) is 5.23 Å². The summed E-state index contributed by atoms with van der Waals surface area (Å²) >= 11 is 1.02. The van der Waals surface area contributed by atoms with Gasteiger partial charge in [-0.1, -0.05) is 13.8 Å². The second-order valence-corrected chi connectivity index (χ2v) is 7.21. The van der Waals surface area contributed by atoms with Gasteiger partial charge in [-0.3, -0.25) is 10.2 Å². The summed E-state index contributed by atoms with van der Waals surface area (Å²) in [4.78, 5) is 26.1. The second-order valence-electron chi connectivity index (χ2n) is 6.14. The third kappa shape index (κ3) is 7.67. The Bertz CT molecular complexity index is 557. The molecule has 154 valence electrons. The summed E-state index contributed by atoms with van der Waals surface area (Å²) in [5.41, 5.74) is 3.29. The highest BCUT2D eigenvalue weighted by atomic mass is 32.2. The predicted octanol–water partition coefficient (Wildman–Crippen LogP) is 1.53. The van der Waals surface area contributed by atoms with E-state index in [-0.39, 0.29) is 23.7 Å². The number of hydrogen-bond donors (Lipinski definition) is 3. The van der Waals surface area contributed by atoms with Crippen molar-refractivity contribution in [3.05, 3.63) is 11.9 Å². The van der Waals surface area contributed by atoms with Crippen LogP contribution in [0.25, 0.3) is 0 Å². The van der Waals surface area contributed by atoms with Gasteiger partial charge in [0.05, 0.1) is 6.54 Å². The first-order valence-corrected chi connectivity index (χ1v) is 10.3. The van der Waals surface area contributed by atoms with Crippen LogP contribution in [0.15, 0.2) is 17.0 Å². The zero-order chi connectivity index (χ0) is 20.4. The van der Waals surface area contributed by atoms with Crippen molar-refractivity contribution < 1.29 is 9.59 Å². The molecule has 0 aromatic heterocycles. The molecule has 2 amide bonds. The minimum atomic E-state index is -0.352. The molecule has 0 saturated carbocycles. The van der Waals surface area contributed by atoms with Gasteiger partial charge in [0.25, 0.3) is 0 Å². The Hall–Kier alpha value is -1.94. The lowest BCUT2D eigenvalue weighted by Crippen LogP contribution is -2.52. The molecule has 0 saturated heterocycles. The summed E-state index contributed by atoms with van der Waals surface area (Å²) in [6.07, 6.45) is 1.86. The second kappa shape index (κ2) is 11.7. The molecule has 0 spiro atoms. The number of carbonyl (C=O) groups is 2. The number of hydrazine groups is 2. The van der Waals surface area contributed by atoms with Gasteiger partial charge < -0.3 is 15.5 Å². The summed E-state index contributed by atoms with van der Waals surface area (Å²) in [7, 11) is 0. The molecule has 1 heterocycles. The molecule has 0 aromatic carbocycles. The van der Waals surface area contributed by atoms with Crippen LogP contribution in [0.3, 0.4) is 0 Å². The highest BCUT2D eigenvalue weighted by Gasteiger charge is 2.22. The Morgan fingerprint density at radius 1 is 1.19 bits per heavy atom. The summed E-state index contributed by atoms with van der Waals surface area (Å²) in [6, 6.07) is -0.334. The molecule has 0 atom stereocenters. The minimum Gasteiger partial charge on any atom is -0.357 e.